The number of hydrogen-bond acceptors (Lipinski definition) is 5. The first-order chi connectivity index (χ1) is 11.5. The van der Waals surface area contributed by atoms with Gasteiger partial charge in [-0.15, -0.1) is 0 Å². The molecule has 0 spiro atoms. The molecular weight excluding hydrogens is 308 g/mol. The second-order valence-electron chi connectivity index (χ2n) is 5.19. The van der Waals surface area contributed by atoms with Gasteiger partial charge in [-0.05, 0) is 38.1 Å². The van der Waals surface area contributed by atoms with Gasteiger partial charge in [-0.2, -0.15) is 0 Å². The molecule has 1 atom stereocenters. The van der Waals surface area contributed by atoms with Crippen LogP contribution in [0.4, 0.5) is 0 Å². The standard InChI is InChI=1S/C18H20N2O4/c1-12-7-9-15(10-8-12)23-13(2)18(21)24-20-17(19)14-5-4-6-16(11-14)22-3/h4-11,13H,1-3H3,(H2,19,20). The molecule has 2 aromatic rings. The summed E-state index contributed by atoms with van der Waals surface area (Å²) in [6, 6.07) is 14.3. The molecule has 0 aromatic heterocycles. The highest BCUT2D eigenvalue weighted by Gasteiger charge is 2.17. The number of ether oxygens (including phenoxy) is 2. The lowest BCUT2D eigenvalue weighted by atomic mass is 10.2. The van der Waals surface area contributed by atoms with Crippen LogP contribution in [0.1, 0.15) is 18.1 Å². The number of hydrogen-bond donors (Lipinski definition) is 1. The van der Waals surface area contributed by atoms with E-state index in [1.807, 2.05) is 19.1 Å². The zero-order chi connectivity index (χ0) is 17.5. The van der Waals surface area contributed by atoms with Crippen molar-refractivity contribution in [3.8, 4) is 11.5 Å². The molecule has 0 aliphatic heterocycles. The monoisotopic (exact) mass is 328 g/mol. The molecule has 0 saturated carbocycles. The molecule has 126 valence electrons. The SMILES string of the molecule is COc1cccc(/C(N)=N/OC(=O)C(C)Oc2ccc(C)cc2)c1. The number of oxime groups is 1. The topological polar surface area (TPSA) is 83.1 Å². The third-order valence-corrected chi connectivity index (χ3v) is 3.27. The van der Waals surface area contributed by atoms with E-state index in [1.165, 1.54) is 0 Å². The fourth-order valence-electron chi connectivity index (χ4n) is 1.87. The van der Waals surface area contributed by atoms with Gasteiger partial charge in [0.2, 0.25) is 0 Å². The first-order valence-corrected chi connectivity index (χ1v) is 7.41. The minimum absolute atomic E-state index is 0.0739. The van der Waals surface area contributed by atoms with Crippen molar-refractivity contribution in [3.05, 3.63) is 59.7 Å². The summed E-state index contributed by atoms with van der Waals surface area (Å²) in [4.78, 5) is 16.8. The average Bonchev–Trinajstić information content (AvgIpc) is 2.61. The van der Waals surface area contributed by atoms with Crippen molar-refractivity contribution in [2.75, 3.05) is 7.11 Å². The van der Waals surface area contributed by atoms with E-state index in [-0.39, 0.29) is 5.84 Å². The lowest BCUT2D eigenvalue weighted by Gasteiger charge is -2.12. The molecule has 0 fully saturated rings. The number of nitrogens with two attached hydrogens (primary N) is 1. The Labute approximate surface area is 140 Å². The van der Waals surface area contributed by atoms with Crippen LogP contribution in [0.3, 0.4) is 0 Å². The predicted octanol–water partition coefficient (Wildman–Crippen LogP) is 2.63. The van der Waals surface area contributed by atoms with Crippen LogP contribution in [-0.2, 0) is 9.63 Å². The van der Waals surface area contributed by atoms with E-state index in [9.17, 15) is 4.79 Å². The lowest BCUT2D eigenvalue weighted by Crippen LogP contribution is -2.26. The molecule has 1 unspecified atom stereocenters. The Balaban J connectivity index is 1.96. The molecule has 2 aromatic carbocycles. The normalized spacial score (nSPS) is 12.4. The molecule has 2 rings (SSSR count). The van der Waals surface area contributed by atoms with E-state index >= 15 is 0 Å². The first-order valence-electron chi connectivity index (χ1n) is 7.41. The van der Waals surface area contributed by atoms with E-state index in [1.54, 1.807) is 50.4 Å². The molecule has 0 amide bonds. The van der Waals surface area contributed by atoms with Crippen molar-refractivity contribution >= 4 is 11.8 Å². The van der Waals surface area contributed by atoms with Gasteiger partial charge in [0.1, 0.15) is 11.5 Å². The summed E-state index contributed by atoms with van der Waals surface area (Å²) in [5.41, 5.74) is 7.51. The highest BCUT2D eigenvalue weighted by atomic mass is 16.7. The maximum Gasteiger partial charge on any atom is 0.374 e. The fraction of sp³-hybridized carbons (Fsp3) is 0.222. The number of amidine groups is 1. The van der Waals surface area contributed by atoms with Crippen LogP contribution in [-0.4, -0.2) is 25.0 Å². The van der Waals surface area contributed by atoms with Gasteiger partial charge in [0.05, 0.1) is 7.11 Å². The summed E-state index contributed by atoms with van der Waals surface area (Å²) in [6.45, 7) is 3.55. The number of nitrogens with zero attached hydrogens (tertiary/aromatic N) is 1. The highest BCUT2D eigenvalue weighted by molar-refractivity contribution is 5.97. The minimum Gasteiger partial charge on any atom is -0.497 e. The van der Waals surface area contributed by atoms with E-state index < -0.39 is 12.1 Å². The zero-order valence-corrected chi connectivity index (χ0v) is 13.9. The summed E-state index contributed by atoms with van der Waals surface area (Å²) < 4.78 is 10.6. The van der Waals surface area contributed by atoms with Gasteiger partial charge in [-0.3, -0.25) is 0 Å². The van der Waals surface area contributed by atoms with Crippen LogP contribution in [0.25, 0.3) is 0 Å². The van der Waals surface area contributed by atoms with Gasteiger partial charge in [0.25, 0.3) is 0 Å². The predicted molar refractivity (Wildman–Crippen MR) is 91.1 cm³/mol. The summed E-state index contributed by atoms with van der Waals surface area (Å²) in [5.74, 6) is 0.647. The van der Waals surface area contributed by atoms with Gasteiger partial charge < -0.3 is 20.0 Å². The van der Waals surface area contributed by atoms with Gasteiger partial charge >= 0.3 is 5.97 Å². The van der Waals surface area contributed by atoms with Crippen molar-refractivity contribution in [3.63, 3.8) is 0 Å². The van der Waals surface area contributed by atoms with Gasteiger partial charge in [0.15, 0.2) is 11.9 Å². The van der Waals surface area contributed by atoms with Gasteiger partial charge in [0, 0.05) is 5.56 Å². The molecule has 0 saturated heterocycles. The Hall–Kier alpha value is -3.02. The second-order valence-corrected chi connectivity index (χ2v) is 5.19. The molecule has 6 heteroatoms. The van der Waals surface area contributed by atoms with E-state index in [2.05, 4.69) is 5.16 Å². The Morgan fingerprint density at radius 2 is 1.83 bits per heavy atom. The molecule has 0 aliphatic rings. The Morgan fingerprint density at radius 3 is 2.50 bits per heavy atom. The molecule has 0 aliphatic carbocycles. The number of aryl methyl sites for hydroxylation is 1. The Morgan fingerprint density at radius 1 is 1.12 bits per heavy atom. The quantitative estimate of drug-likeness (QED) is 0.381. The van der Waals surface area contributed by atoms with Crippen molar-refractivity contribution < 1.29 is 19.1 Å². The molecule has 24 heavy (non-hydrogen) atoms. The molecule has 0 bridgehead atoms. The van der Waals surface area contributed by atoms with Crippen LogP contribution in [0.5, 0.6) is 11.5 Å². The summed E-state index contributed by atoms with van der Waals surface area (Å²) in [7, 11) is 1.55. The number of carbonyl (C=O) groups excluding carboxylic acids is 1. The summed E-state index contributed by atoms with van der Waals surface area (Å²) in [6.07, 6.45) is -0.811. The molecule has 0 radical (unpaired) electrons. The maximum absolute atomic E-state index is 11.9. The Kier molecular flexibility index (Phi) is 5.78. The van der Waals surface area contributed by atoms with Gasteiger partial charge in [-0.25, -0.2) is 4.79 Å². The molecular formula is C18H20N2O4. The third kappa shape index (κ3) is 4.74. The van der Waals surface area contributed by atoms with E-state index in [4.69, 9.17) is 20.0 Å². The molecule has 2 N–H and O–H groups in total. The number of benzene rings is 2. The largest absolute Gasteiger partial charge is 0.497 e. The van der Waals surface area contributed by atoms with Crippen LogP contribution in [0, 0.1) is 6.92 Å². The van der Waals surface area contributed by atoms with Crippen LogP contribution >= 0.6 is 0 Å². The van der Waals surface area contributed by atoms with Crippen LogP contribution < -0.4 is 15.2 Å². The van der Waals surface area contributed by atoms with Crippen molar-refractivity contribution in [2.24, 2.45) is 10.9 Å². The molecule has 0 heterocycles. The van der Waals surface area contributed by atoms with E-state index in [0.717, 1.165) is 5.56 Å². The number of carbonyl (C=O) groups is 1. The zero-order valence-electron chi connectivity index (χ0n) is 13.9. The summed E-state index contributed by atoms with van der Waals surface area (Å²) >= 11 is 0. The number of rotatable bonds is 6. The van der Waals surface area contributed by atoms with Crippen LogP contribution in [0.2, 0.25) is 0 Å². The highest BCUT2D eigenvalue weighted by Crippen LogP contribution is 2.14. The van der Waals surface area contributed by atoms with E-state index in [0.29, 0.717) is 17.1 Å². The lowest BCUT2D eigenvalue weighted by molar-refractivity contribution is -0.151. The second kappa shape index (κ2) is 8.01. The first kappa shape index (κ1) is 17.3. The number of methoxy groups -OCH3 is 1. The maximum atomic E-state index is 11.9. The Bertz CT molecular complexity index is 726. The van der Waals surface area contributed by atoms with Crippen molar-refractivity contribution in [1.29, 1.82) is 0 Å². The van der Waals surface area contributed by atoms with Crippen LogP contribution in [0.15, 0.2) is 53.7 Å². The average molecular weight is 328 g/mol. The smallest absolute Gasteiger partial charge is 0.374 e. The summed E-state index contributed by atoms with van der Waals surface area (Å²) in [5, 5.41) is 3.66. The third-order valence-electron chi connectivity index (χ3n) is 3.27. The van der Waals surface area contributed by atoms with Crippen molar-refractivity contribution in [2.45, 2.75) is 20.0 Å². The minimum atomic E-state index is -0.811. The molecule has 6 nitrogen and oxygen atoms in total. The van der Waals surface area contributed by atoms with Crippen molar-refractivity contribution in [1.82, 2.24) is 0 Å². The van der Waals surface area contributed by atoms with Gasteiger partial charge in [-0.1, -0.05) is 35.0 Å². The fourth-order valence-corrected chi connectivity index (χ4v) is 1.87.